The summed E-state index contributed by atoms with van der Waals surface area (Å²) in [5.74, 6) is 2.71. The van der Waals surface area contributed by atoms with Crippen LogP contribution in [0.15, 0.2) is 22.4 Å². The van der Waals surface area contributed by atoms with Gasteiger partial charge in [0.25, 0.3) is 0 Å². The summed E-state index contributed by atoms with van der Waals surface area (Å²) in [4.78, 5) is 11.7. The number of nitrogens with one attached hydrogen (secondary N) is 1. The van der Waals surface area contributed by atoms with Crippen LogP contribution in [0.1, 0.15) is 38.9 Å². The van der Waals surface area contributed by atoms with Gasteiger partial charge in [-0.3, -0.25) is 4.79 Å². The first-order valence-corrected chi connectivity index (χ1v) is 6.46. The highest BCUT2D eigenvalue weighted by Crippen LogP contribution is 2.28. The van der Waals surface area contributed by atoms with Crippen molar-refractivity contribution in [3.63, 3.8) is 0 Å². The molecule has 0 saturated carbocycles. The van der Waals surface area contributed by atoms with Crippen LogP contribution >= 0.6 is 0 Å². The Kier molecular flexibility index (Phi) is 3.84. The first-order valence-electron chi connectivity index (χ1n) is 6.46. The van der Waals surface area contributed by atoms with Gasteiger partial charge in [0.1, 0.15) is 5.76 Å². The molecule has 0 aromatic carbocycles. The zero-order valence-corrected chi connectivity index (χ0v) is 11.2. The third-order valence-electron chi connectivity index (χ3n) is 3.05. The van der Waals surface area contributed by atoms with Crippen LogP contribution in [0.4, 0.5) is 5.82 Å². The topological polar surface area (TPSA) is 55.1 Å². The van der Waals surface area contributed by atoms with Gasteiger partial charge in [0.2, 0.25) is 0 Å². The van der Waals surface area contributed by atoms with Crippen molar-refractivity contribution in [3.05, 3.63) is 23.6 Å². The number of allylic oxidation sites excluding steroid dienone is 2. The molecule has 0 fully saturated rings. The van der Waals surface area contributed by atoms with E-state index in [1.807, 2.05) is 13.0 Å². The number of hydrogen-bond donors (Lipinski definition) is 1. The molecule has 1 aliphatic rings. The third-order valence-corrected chi connectivity index (χ3v) is 3.05. The van der Waals surface area contributed by atoms with Crippen LogP contribution in [0.2, 0.25) is 0 Å². The molecule has 0 radical (unpaired) electrons. The second-order valence-corrected chi connectivity index (χ2v) is 5.49. The minimum absolute atomic E-state index is 0.203. The maximum atomic E-state index is 11.7. The monoisotopic (exact) mass is 248 g/mol. The van der Waals surface area contributed by atoms with Crippen molar-refractivity contribution in [2.24, 2.45) is 11.8 Å². The summed E-state index contributed by atoms with van der Waals surface area (Å²) in [6.07, 6.45) is 4.36. The van der Waals surface area contributed by atoms with Crippen LogP contribution in [-0.2, 0) is 4.79 Å². The van der Waals surface area contributed by atoms with Crippen LogP contribution in [0.5, 0.6) is 0 Å². The lowest BCUT2D eigenvalue weighted by Crippen LogP contribution is -2.19. The number of carbonyl (C=O) groups is 1. The molecule has 0 aliphatic heterocycles. The van der Waals surface area contributed by atoms with E-state index in [4.69, 9.17) is 4.52 Å². The highest BCUT2D eigenvalue weighted by atomic mass is 16.5. The van der Waals surface area contributed by atoms with E-state index in [2.05, 4.69) is 24.3 Å². The third kappa shape index (κ3) is 3.45. The molecule has 0 spiro atoms. The Balaban J connectivity index is 2.01. The van der Waals surface area contributed by atoms with Gasteiger partial charge in [-0.2, -0.15) is 0 Å². The minimum atomic E-state index is 0.203. The summed E-state index contributed by atoms with van der Waals surface area (Å²) in [5, 5.41) is 7.05. The van der Waals surface area contributed by atoms with Gasteiger partial charge in [-0.15, -0.1) is 0 Å². The second-order valence-electron chi connectivity index (χ2n) is 5.49. The lowest BCUT2D eigenvalue weighted by atomic mass is 9.85. The largest absolute Gasteiger partial charge is 0.360 e. The van der Waals surface area contributed by atoms with Gasteiger partial charge in [-0.25, -0.2) is 0 Å². The maximum Gasteiger partial charge on any atom is 0.173 e. The molecule has 0 unspecified atom stereocenters. The number of carbonyl (C=O) groups excluding carboxylic acids is 1. The zero-order chi connectivity index (χ0) is 13.1. The zero-order valence-electron chi connectivity index (χ0n) is 11.2. The molecular weight excluding hydrogens is 228 g/mol. The van der Waals surface area contributed by atoms with E-state index in [0.717, 1.165) is 24.3 Å². The molecule has 1 aromatic rings. The molecule has 1 aromatic heterocycles. The van der Waals surface area contributed by atoms with Crippen LogP contribution in [-0.4, -0.2) is 10.9 Å². The first kappa shape index (κ1) is 12.9. The van der Waals surface area contributed by atoms with Crippen molar-refractivity contribution in [1.82, 2.24) is 5.16 Å². The Hall–Kier alpha value is -1.58. The van der Waals surface area contributed by atoms with Gasteiger partial charge in [-0.1, -0.05) is 19.0 Å². The van der Waals surface area contributed by atoms with Gasteiger partial charge in [0.05, 0.1) is 0 Å². The molecule has 1 N–H and O–H groups in total. The van der Waals surface area contributed by atoms with Crippen molar-refractivity contribution in [2.75, 3.05) is 5.32 Å². The van der Waals surface area contributed by atoms with Crippen LogP contribution in [0.25, 0.3) is 0 Å². The van der Waals surface area contributed by atoms with Gasteiger partial charge in [0.15, 0.2) is 11.6 Å². The number of hydrogen-bond acceptors (Lipinski definition) is 4. The molecular formula is C14H20N2O2. The van der Waals surface area contributed by atoms with E-state index in [1.165, 1.54) is 0 Å². The van der Waals surface area contributed by atoms with Crippen molar-refractivity contribution >= 4 is 11.6 Å². The standard InChI is InChI=1S/C14H20N2O2/c1-9(2)4-11-6-12(8-13(17)7-11)15-14-5-10(3)18-16-14/h5,8-9,11H,4,6-7H2,1-3H3,(H,15,16)/t11-/m0/s1. The number of ketones is 1. The normalized spacial score (nSPS) is 20.1. The van der Waals surface area contributed by atoms with Crippen LogP contribution < -0.4 is 5.32 Å². The highest BCUT2D eigenvalue weighted by Gasteiger charge is 2.22. The Morgan fingerprint density at radius 1 is 1.50 bits per heavy atom. The van der Waals surface area contributed by atoms with Crippen LogP contribution in [0.3, 0.4) is 0 Å². The van der Waals surface area contributed by atoms with E-state index in [9.17, 15) is 4.79 Å². The second kappa shape index (κ2) is 5.38. The first-order chi connectivity index (χ1) is 8.52. The van der Waals surface area contributed by atoms with Crippen molar-refractivity contribution < 1.29 is 9.32 Å². The fourth-order valence-electron chi connectivity index (χ4n) is 2.49. The number of aryl methyl sites for hydroxylation is 1. The predicted octanol–water partition coefficient (Wildman–Crippen LogP) is 3.30. The summed E-state index contributed by atoms with van der Waals surface area (Å²) < 4.78 is 5.00. The quantitative estimate of drug-likeness (QED) is 0.888. The Bertz CT molecular complexity index is 460. The highest BCUT2D eigenvalue weighted by molar-refractivity contribution is 5.91. The molecule has 0 saturated heterocycles. The SMILES string of the molecule is Cc1cc(NC2=CC(=O)C[C@@H](CC(C)C)C2)no1. The van der Waals surface area contributed by atoms with E-state index >= 15 is 0 Å². The number of nitrogens with zero attached hydrogens (tertiary/aromatic N) is 1. The molecule has 4 heteroatoms. The molecule has 4 nitrogen and oxygen atoms in total. The maximum absolute atomic E-state index is 11.7. The number of anilines is 1. The lowest BCUT2D eigenvalue weighted by molar-refractivity contribution is -0.116. The fourth-order valence-corrected chi connectivity index (χ4v) is 2.49. The van der Waals surface area contributed by atoms with Gasteiger partial charge >= 0.3 is 0 Å². The van der Waals surface area contributed by atoms with Crippen LogP contribution in [0, 0.1) is 18.8 Å². The van der Waals surface area contributed by atoms with Gasteiger partial charge < -0.3 is 9.84 Å². The molecule has 1 aliphatic carbocycles. The Morgan fingerprint density at radius 3 is 2.89 bits per heavy atom. The molecule has 2 rings (SSSR count). The summed E-state index contributed by atoms with van der Waals surface area (Å²) in [7, 11) is 0. The van der Waals surface area contributed by atoms with Gasteiger partial charge in [-0.05, 0) is 31.6 Å². The summed E-state index contributed by atoms with van der Waals surface area (Å²) in [6, 6.07) is 1.83. The predicted molar refractivity (Wildman–Crippen MR) is 70.1 cm³/mol. The average Bonchev–Trinajstić information content (AvgIpc) is 2.61. The fraction of sp³-hybridized carbons (Fsp3) is 0.571. The summed E-state index contributed by atoms with van der Waals surface area (Å²) >= 11 is 0. The summed E-state index contributed by atoms with van der Waals surface area (Å²) in [5.41, 5.74) is 0.949. The van der Waals surface area contributed by atoms with E-state index in [1.54, 1.807) is 6.08 Å². The Morgan fingerprint density at radius 2 is 2.28 bits per heavy atom. The molecule has 0 amide bonds. The molecule has 0 bridgehead atoms. The summed E-state index contributed by atoms with van der Waals surface area (Å²) in [6.45, 7) is 6.23. The minimum Gasteiger partial charge on any atom is -0.360 e. The van der Waals surface area contributed by atoms with Crippen molar-refractivity contribution in [1.29, 1.82) is 0 Å². The van der Waals surface area contributed by atoms with Crippen molar-refractivity contribution in [3.8, 4) is 0 Å². The van der Waals surface area contributed by atoms with Crippen molar-refractivity contribution in [2.45, 2.75) is 40.0 Å². The average molecular weight is 248 g/mol. The number of rotatable bonds is 4. The molecule has 1 atom stereocenters. The van der Waals surface area contributed by atoms with Gasteiger partial charge in [0, 0.05) is 24.3 Å². The Labute approximate surface area is 107 Å². The number of aromatic nitrogens is 1. The van der Waals surface area contributed by atoms with E-state index < -0.39 is 0 Å². The molecule has 98 valence electrons. The lowest BCUT2D eigenvalue weighted by Gasteiger charge is -2.23. The smallest absolute Gasteiger partial charge is 0.173 e. The van der Waals surface area contributed by atoms with E-state index in [-0.39, 0.29) is 5.78 Å². The molecule has 18 heavy (non-hydrogen) atoms. The van der Waals surface area contributed by atoms with E-state index in [0.29, 0.717) is 24.1 Å². The molecule has 1 heterocycles.